The minimum atomic E-state index is -0.870. The van der Waals surface area contributed by atoms with Crippen LogP contribution in [-0.4, -0.2) is 22.9 Å². The summed E-state index contributed by atoms with van der Waals surface area (Å²) >= 11 is 11.5. The molecular weight excluding hydrogens is 368 g/mol. The maximum atomic E-state index is 13.5. The van der Waals surface area contributed by atoms with E-state index in [1.54, 1.807) is 6.07 Å². The van der Waals surface area contributed by atoms with Gasteiger partial charge in [-0.25, -0.2) is 9.18 Å². The third-order valence-electron chi connectivity index (χ3n) is 4.26. The van der Waals surface area contributed by atoms with Gasteiger partial charge in [0.05, 0.1) is 15.6 Å². The summed E-state index contributed by atoms with van der Waals surface area (Å²) in [7, 11) is 0. The van der Waals surface area contributed by atoms with Crippen molar-refractivity contribution < 1.29 is 18.7 Å². The second-order valence-electron chi connectivity index (χ2n) is 6.13. The van der Waals surface area contributed by atoms with Crippen molar-refractivity contribution in [1.82, 2.24) is 4.57 Å². The van der Waals surface area contributed by atoms with E-state index in [-0.39, 0.29) is 21.4 Å². The highest BCUT2D eigenvalue weighted by Crippen LogP contribution is 2.38. The van der Waals surface area contributed by atoms with Gasteiger partial charge in [0, 0.05) is 23.0 Å². The maximum Gasteiger partial charge on any atom is 0.340 e. The van der Waals surface area contributed by atoms with Crippen LogP contribution >= 0.6 is 23.2 Å². The molecule has 1 aromatic heterocycles. The maximum absolute atomic E-state index is 13.5. The number of esters is 1. The van der Waals surface area contributed by atoms with Crippen LogP contribution in [0.5, 0.6) is 0 Å². The van der Waals surface area contributed by atoms with E-state index in [4.69, 9.17) is 27.9 Å². The molecular formula is C18H16Cl2FNO3. The van der Waals surface area contributed by atoms with Gasteiger partial charge in [0.25, 0.3) is 0 Å². The summed E-state index contributed by atoms with van der Waals surface area (Å²) in [6.45, 7) is 3.39. The number of nitrogens with zero attached hydrogens (tertiary/aromatic N) is 1. The zero-order valence-electron chi connectivity index (χ0n) is 13.7. The van der Waals surface area contributed by atoms with Crippen LogP contribution < -0.4 is 0 Å². The predicted molar refractivity (Wildman–Crippen MR) is 93.2 cm³/mol. The van der Waals surface area contributed by atoms with Crippen molar-refractivity contribution in [2.75, 3.05) is 6.61 Å². The van der Waals surface area contributed by atoms with Gasteiger partial charge in [-0.3, -0.25) is 4.79 Å². The second-order valence-corrected chi connectivity index (χ2v) is 6.95. The molecule has 1 aromatic carbocycles. The summed E-state index contributed by atoms with van der Waals surface area (Å²) in [5, 5.41) is -0.221. The smallest absolute Gasteiger partial charge is 0.340 e. The van der Waals surface area contributed by atoms with E-state index in [1.807, 2.05) is 13.8 Å². The summed E-state index contributed by atoms with van der Waals surface area (Å²) in [6, 6.07) is 4.29. The Labute approximate surface area is 154 Å². The lowest BCUT2D eigenvalue weighted by atomic mass is 10.1. The molecule has 0 unspecified atom stereocenters. The summed E-state index contributed by atoms with van der Waals surface area (Å²) in [6.07, 6.45) is 2.22. The minimum Gasteiger partial charge on any atom is -0.454 e. The van der Waals surface area contributed by atoms with E-state index in [9.17, 15) is 14.0 Å². The molecule has 0 spiro atoms. The van der Waals surface area contributed by atoms with Crippen LogP contribution in [0.15, 0.2) is 18.2 Å². The first-order chi connectivity index (χ1) is 11.8. The van der Waals surface area contributed by atoms with Crippen LogP contribution in [0.3, 0.4) is 0 Å². The molecule has 1 saturated carbocycles. The molecule has 0 N–H and O–H groups in total. The molecule has 0 amide bonds. The quantitative estimate of drug-likeness (QED) is 0.418. The van der Waals surface area contributed by atoms with Crippen molar-refractivity contribution >= 4 is 35.0 Å². The lowest BCUT2D eigenvalue weighted by molar-refractivity contribution is 0.0474. The Kier molecular flexibility index (Phi) is 4.89. The molecule has 0 radical (unpaired) electrons. The highest BCUT2D eigenvalue weighted by Gasteiger charge is 2.28. The molecule has 0 atom stereocenters. The minimum absolute atomic E-state index is 0.0317. The largest absolute Gasteiger partial charge is 0.454 e. The van der Waals surface area contributed by atoms with Crippen molar-refractivity contribution in [2.45, 2.75) is 32.7 Å². The molecule has 0 aliphatic heterocycles. The topological polar surface area (TPSA) is 48.3 Å². The van der Waals surface area contributed by atoms with E-state index in [2.05, 4.69) is 4.57 Å². The Morgan fingerprint density at radius 3 is 2.48 bits per heavy atom. The van der Waals surface area contributed by atoms with Gasteiger partial charge >= 0.3 is 5.97 Å². The second kappa shape index (κ2) is 6.81. The number of hydrogen-bond donors (Lipinski definition) is 0. The number of aryl methyl sites for hydroxylation is 1. The summed E-state index contributed by atoms with van der Waals surface area (Å²) in [5.74, 6) is -1.96. The summed E-state index contributed by atoms with van der Waals surface area (Å²) in [5.41, 5.74) is 2.25. The number of halogens is 3. The molecule has 0 bridgehead atoms. The lowest BCUT2D eigenvalue weighted by Gasteiger charge is -2.08. The molecule has 4 nitrogen and oxygen atoms in total. The van der Waals surface area contributed by atoms with Crippen LogP contribution in [0.1, 0.15) is 51.0 Å². The molecule has 1 heterocycles. The Morgan fingerprint density at radius 1 is 1.16 bits per heavy atom. The van der Waals surface area contributed by atoms with Gasteiger partial charge in [-0.15, -0.1) is 0 Å². The number of carbonyl (C=O) groups excluding carboxylic acids is 2. The fourth-order valence-corrected chi connectivity index (χ4v) is 3.38. The number of ether oxygens (including phenoxy) is 1. The number of hydrogen-bond acceptors (Lipinski definition) is 3. The van der Waals surface area contributed by atoms with Gasteiger partial charge in [-0.2, -0.15) is 0 Å². The van der Waals surface area contributed by atoms with Crippen LogP contribution in [-0.2, 0) is 4.74 Å². The SMILES string of the molecule is Cc1cc(C(=O)COC(=O)c2cc(F)c(Cl)cc2Cl)c(C)n1C1CC1. The van der Waals surface area contributed by atoms with Gasteiger partial charge < -0.3 is 9.30 Å². The van der Waals surface area contributed by atoms with Crippen LogP contribution in [0.4, 0.5) is 4.39 Å². The number of benzene rings is 1. The zero-order valence-corrected chi connectivity index (χ0v) is 15.2. The van der Waals surface area contributed by atoms with Gasteiger partial charge in [-0.05, 0) is 44.9 Å². The molecule has 132 valence electrons. The monoisotopic (exact) mass is 383 g/mol. The van der Waals surface area contributed by atoms with E-state index in [1.165, 1.54) is 0 Å². The predicted octanol–water partition coefficient (Wildman–Crippen LogP) is 4.93. The fourth-order valence-electron chi connectivity index (χ4n) is 2.92. The average molecular weight is 384 g/mol. The van der Waals surface area contributed by atoms with Crippen molar-refractivity contribution in [3.63, 3.8) is 0 Å². The Morgan fingerprint density at radius 2 is 1.84 bits per heavy atom. The first-order valence-corrected chi connectivity index (χ1v) is 8.58. The van der Waals surface area contributed by atoms with Crippen molar-refractivity contribution in [2.24, 2.45) is 0 Å². The Hall–Kier alpha value is -1.85. The first kappa shape index (κ1) is 18.0. The van der Waals surface area contributed by atoms with Gasteiger partial charge in [-0.1, -0.05) is 23.2 Å². The molecule has 1 aliphatic carbocycles. The molecule has 1 aliphatic rings. The van der Waals surface area contributed by atoms with E-state index in [0.29, 0.717) is 11.6 Å². The molecule has 0 saturated heterocycles. The third-order valence-corrected chi connectivity index (χ3v) is 4.86. The molecule has 2 aromatic rings. The number of Topliss-reactive ketones (excluding diaryl/α,β-unsaturated/α-hetero) is 1. The Balaban J connectivity index is 1.71. The number of rotatable bonds is 5. The van der Waals surface area contributed by atoms with Crippen LogP contribution in [0.2, 0.25) is 10.0 Å². The first-order valence-electron chi connectivity index (χ1n) is 7.83. The molecule has 1 fully saturated rings. The summed E-state index contributed by atoms with van der Waals surface area (Å²) < 4.78 is 20.6. The highest BCUT2D eigenvalue weighted by atomic mass is 35.5. The average Bonchev–Trinajstić information content (AvgIpc) is 3.33. The fraction of sp³-hybridized carbons (Fsp3) is 0.333. The van der Waals surface area contributed by atoms with E-state index < -0.39 is 18.4 Å². The lowest BCUT2D eigenvalue weighted by Crippen LogP contribution is -2.15. The van der Waals surface area contributed by atoms with Gasteiger partial charge in [0.1, 0.15) is 5.82 Å². The number of carbonyl (C=O) groups is 2. The third kappa shape index (κ3) is 3.58. The van der Waals surface area contributed by atoms with Crippen molar-refractivity contribution in [3.05, 3.63) is 56.6 Å². The zero-order chi connectivity index (χ0) is 18.3. The summed E-state index contributed by atoms with van der Waals surface area (Å²) in [4.78, 5) is 24.5. The molecule has 7 heteroatoms. The normalized spacial score (nSPS) is 13.8. The standard InChI is InChI=1S/C18H16Cl2FNO3/c1-9-5-12(10(2)22(9)11-3-4-11)17(23)8-25-18(24)13-6-16(21)15(20)7-14(13)19/h5-7,11H,3-4,8H2,1-2H3. The van der Waals surface area contributed by atoms with E-state index in [0.717, 1.165) is 36.4 Å². The molecule has 25 heavy (non-hydrogen) atoms. The van der Waals surface area contributed by atoms with Crippen LogP contribution in [0, 0.1) is 19.7 Å². The van der Waals surface area contributed by atoms with E-state index >= 15 is 0 Å². The van der Waals surface area contributed by atoms with Crippen molar-refractivity contribution in [3.8, 4) is 0 Å². The van der Waals surface area contributed by atoms with Crippen molar-refractivity contribution in [1.29, 1.82) is 0 Å². The number of ketones is 1. The number of aromatic nitrogens is 1. The Bertz CT molecular complexity index is 872. The highest BCUT2D eigenvalue weighted by molar-refractivity contribution is 6.36. The van der Waals surface area contributed by atoms with Gasteiger partial charge in [0.15, 0.2) is 6.61 Å². The van der Waals surface area contributed by atoms with Crippen LogP contribution in [0.25, 0.3) is 0 Å². The van der Waals surface area contributed by atoms with Gasteiger partial charge in [0.2, 0.25) is 5.78 Å². The molecule has 3 rings (SSSR count).